The topological polar surface area (TPSA) is 36.3 Å². The smallest absolute Gasteiger partial charge is 0.131 e. The van der Waals surface area contributed by atoms with Crippen LogP contribution in [0.1, 0.15) is 24.4 Å². The molecule has 0 amide bonds. The van der Waals surface area contributed by atoms with Crippen LogP contribution in [-0.4, -0.2) is 17.7 Å². The van der Waals surface area contributed by atoms with Gasteiger partial charge in [-0.2, -0.15) is 5.26 Å². The quantitative estimate of drug-likeness (QED) is 0.738. The Bertz CT molecular complexity index is 475. The van der Waals surface area contributed by atoms with Crippen molar-refractivity contribution in [2.75, 3.05) is 6.61 Å². The molecule has 0 saturated carbocycles. The van der Waals surface area contributed by atoms with E-state index in [1.54, 1.807) is 0 Å². The van der Waals surface area contributed by atoms with Crippen molar-refractivity contribution in [3.8, 4) is 6.07 Å². The van der Waals surface area contributed by atoms with E-state index >= 15 is 0 Å². The first-order valence-corrected chi connectivity index (χ1v) is 5.95. The Morgan fingerprint density at radius 1 is 1.29 bits per heavy atom. The highest BCUT2D eigenvalue weighted by Crippen LogP contribution is 2.37. The number of hydrogen-bond acceptors (Lipinski definition) is 3. The third kappa shape index (κ3) is 1.71. The molecule has 2 aliphatic heterocycles. The lowest BCUT2D eigenvalue weighted by molar-refractivity contribution is 0.0383. The van der Waals surface area contributed by atoms with Gasteiger partial charge in [0.15, 0.2) is 0 Å². The molecule has 17 heavy (non-hydrogen) atoms. The average Bonchev–Trinajstić information content (AvgIpc) is 2.83. The predicted octanol–water partition coefficient (Wildman–Crippen LogP) is 2.59. The van der Waals surface area contributed by atoms with Gasteiger partial charge in [-0.3, -0.25) is 0 Å². The summed E-state index contributed by atoms with van der Waals surface area (Å²) < 4.78 is 5.79. The molecule has 3 heteroatoms. The van der Waals surface area contributed by atoms with Crippen molar-refractivity contribution in [3.63, 3.8) is 0 Å². The van der Waals surface area contributed by atoms with E-state index in [1.165, 1.54) is 5.56 Å². The SMILES string of the molecule is N#CC1=CCC[C@H]2OC[C@@H](c3ccccc3)N12. The largest absolute Gasteiger partial charge is 0.356 e. The van der Waals surface area contributed by atoms with Gasteiger partial charge >= 0.3 is 0 Å². The van der Waals surface area contributed by atoms with Crippen molar-refractivity contribution in [1.29, 1.82) is 5.26 Å². The zero-order valence-electron chi connectivity index (χ0n) is 9.54. The van der Waals surface area contributed by atoms with Crippen molar-refractivity contribution in [2.24, 2.45) is 0 Å². The van der Waals surface area contributed by atoms with Gasteiger partial charge in [0.2, 0.25) is 0 Å². The molecule has 0 aliphatic carbocycles. The molecular formula is C14H14N2O. The summed E-state index contributed by atoms with van der Waals surface area (Å²) in [5.74, 6) is 0. The molecule has 86 valence electrons. The van der Waals surface area contributed by atoms with Crippen LogP contribution in [0.15, 0.2) is 42.1 Å². The van der Waals surface area contributed by atoms with E-state index in [2.05, 4.69) is 23.1 Å². The number of benzene rings is 1. The number of fused-ring (bicyclic) bond motifs is 1. The van der Waals surface area contributed by atoms with E-state index in [9.17, 15) is 5.26 Å². The molecule has 0 unspecified atom stereocenters. The summed E-state index contributed by atoms with van der Waals surface area (Å²) in [5, 5.41) is 9.19. The van der Waals surface area contributed by atoms with Crippen LogP contribution < -0.4 is 0 Å². The summed E-state index contributed by atoms with van der Waals surface area (Å²) in [6.45, 7) is 0.674. The second-order valence-electron chi connectivity index (χ2n) is 4.40. The minimum atomic E-state index is 0.0832. The van der Waals surface area contributed by atoms with Crippen molar-refractivity contribution in [2.45, 2.75) is 25.1 Å². The molecule has 1 aromatic rings. The van der Waals surface area contributed by atoms with E-state index in [1.807, 2.05) is 24.3 Å². The second-order valence-corrected chi connectivity index (χ2v) is 4.40. The van der Waals surface area contributed by atoms with Gasteiger partial charge in [-0.1, -0.05) is 30.3 Å². The fraction of sp³-hybridized carbons (Fsp3) is 0.357. The van der Waals surface area contributed by atoms with Crippen LogP contribution in [0.5, 0.6) is 0 Å². The van der Waals surface area contributed by atoms with Crippen LogP contribution >= 0.6 is 0 Å². The number of hydrogen-bond donors (Lipinski definition) is 0. The fourth-order valence-corrected chi connectivity index (χ4v) is 2.61. The maximum atomic E-state index is 9.19. The molecule has 1 aromatic carbocycles. The van der Waals surface area contributed by atoms with E-state index in [0.29, 0.717) is 6.61 Å². The van der Waals surface area contributed by atoms with Crippen molar-refractivity contribution in [3.05, 3.63) is 47.7 Å². The lowest BCUT2D eigenvalue weighted by atomic mass is 10.0. The highest BCUT2D eigenvalue weighted by Gasteiger charge is 2.37. The summed E-state index contributed by atoms with van der Waals surface area (Å²) in [5.41, 5.74) is 1.98. The Morgan fingerprint density at radius 2 is 2.12 bits per heavy atom. The molecule has 0 spiro atoms. The van der Waals surface area contributed by atoms with Crippen LogP contribution in [0.2, 0.25) is 0 Å². The summed E-state index contributed by atoms with van der Waals surface area (Å²) >= 11 is 0. The standard InChI is InChI=1S/C14H14N2O/c15-9-12-7-4-8-14-16(12)13(10-17-14)11-5-2-1-3-6-11/h1-3,5-7,13-14H,4,8,10H2/t13-,14+/m0/s1. The first kappa shape index (κ1) is 10.4. The fourth-order valence-electron chi connectivity index (χ4n) is 2.61. The lowest BCUT2D eigenvalue weighted by Gasteiger charge is -2.32. The van der Waals surface area contributed by atoms with Gasteiger partial charge in [0.05, 0.1) is 12.6 Å². The van der Waals surface area contributed by atoms with Gasteiger partial charge < -0.3 is 9.64 Å². The normalized spacial score (nSPS) is 27.2. The molecule has 2 aliphatic rings. The lowest BCUT2D eigenvalue weighted by Crippen LogP contribution is -2.33. The molecule has 3 rings (SSSR count). The summed E-state index contributed by atoms with van der Waals surface area (Å²) in [7, 11) is 0. The van der Waals surface area contributed by atoms with Gasteiger partial charge in [-0.15, -0.1) is 0 Å². The molecular weight excluding hydrogens is 212 g/mol. The molecule has 0 radical (unpaired) electrons. The maximum absolute atomic E-state index is 9.19. The highest BCUT2D eigenvalue weighted by atomic mass is 16.5. The molecule has 1 fully saturated rings. The third-order valence-corrected chi connectivity index (χ3v) is 3.42. The molecule has 1 saturated heterocycles. The highest BCUT2D eigenvalue weighted by molar-refractivity contribution is 5.29. The van der Waals surface area contributed by atoms with E-state index in [4.69, 9.17) is 4.74 Å². The van der Waals surface area contributed by atoms with Gasteiger partial charge in [0, 0.05) is 0 Å². The monoisotopic (exact) mass is 226 g/mol. The number of nitrogens with zero attached hydrogens (tertiary/aromatic N) is 2. The first-order valence-electron chi connectivity index (χ1n) is 5.95. The van der Waals surface area contributed by atoms with Gasteiger partial charge in [-0.25, -0.2) is 0 Å². The van der Waals surface area contributed by atoms with E-state index in [0.717, 1.165) is 18.5 Å². The van der Waals surface area contributed by atoms with Crippen LogP contribution in [0.3, 0.4) is 0 Å². The van der Waals surface area contributed by atoms with E-state index in [-0.39, 0.29) is 12.3 Å². The van der Waals surface area contributed by atoms with Crippen molar-refractivity contribution < 1.29 is 4.74 Å². The molecule has 3 nitrogen and oxygen atoms in total. The number of allylic oxidation sites excluding steroid dienone is 2. The van der Waals surface area contributed by atoms with Crippen LogP contribution in [0.25, 0.3) is 0 Å². The average molecular weight is 226 g/mol. The van der Waals surface area contributed by atoms with Crippen LogP contribution in [-0.2, 0) is 4.74 Å². The van der Waals surface area contributed by atoms with Crippen molar-refractivity contribution >= 4 is 0 Å². The second kappa shape index (κ2) is 4.23. The minimum absolute atomic E-state index is 0.0832. The van der Waals surface area contributed by atoms with Gasteiger partial charge in [0.25, 0.3) is 0 Å². The molecule has 0 bridgehead atoms. The Morgan fingerprint density at radius 3 is 2.88 bits per heavy atom. The number of ether oxygens (including phenoxy) is 1. The summed E-state index contributed by atoms with van der Waals surface area (Å²) in [4.78, 5) is 2.12. The zero-order chi connectivity index (χ0) is 11.7. The Balaban J connectivity index is 1.95. The van der Waals surface area contributed by atoms with Crippen LogP contribution in [0.4, 0.5) is 0 Å². The minimum Gasteiger partial charge on any atom is -0.356 e. The predicted molar refractivity (Wildman–Crippen MR) is 63.7 cm³/mol. The summed E-state index contributed by atoms with van der Waals surface area (Å²) in [6.07, 6.45) is 4.01. The number of nitriles is 1. The zero-order valence-corrected chi connectivity index (χ0v) is 9.54. The maximum Gasteiger partial charge on any atom is 0.131 e. The Hall–Kier alpha value is -1.79. The molecule has 0 aromatic heterocycles. The van der Waals surface area contributed by atoms with Gasteiger partial charge in [0.1, 0.15) is 18.0 Å². The Labute approximate surface area is 101 Å². The van der Waals surface area contributed by atoms with Crippen LogP contribution in [0, 0.1) is 11.3 Å². The Kier molecular flexibility index (Phi) is 2.58. The first-order chi connectivity index (χ1) is 8.40. The van der Waals surface area contributed by atoms with Crippen molar-refractivity contribution in [1.82, 2.24) is 4.90 Å². The summed E-state index contributed by atoms with van der Waals surface area (Å²) in [6, 6.07) is 12.7. The molecule has 2 heterocycles. The molecule has 2 atom stereocenters. The molecule has 0 N–H and O–H groups in total. The van der Waals surface area contributed by atoms with Gasteiger partial charge in [-0.05, 0) is 24.5 Å². The number of rotatable bonds is 1. The third-order valence-electron chi connectivity index (χ3n) is 3.42. The van der Waals surface area contributed by atoms with E-state index < -0.39 is 0 Å².